The highest BCUT2D eigenvalue weighted by Crippen LogP contribution is 2.16. The van der Waals surface area contributed by atoms with E-state index in [1.807, 2.05) is 0 Å². The summed E-state index contributed by atoms with van der Waals surface area (Å²) in [6, 6.07) is 6.38. The summed E-state index contributed by atoms with van der Waals surface area (Å²) in [4.78, 5) is 0.242. The SMILES string of the molecule is CNS(=O)(=O)c1ccc(OCC(C)C)cc1. The smallest absolute Gasteiger partial charge is 0.240 e. The Labute approximate surface area is 96.7 Å². The van der Waals surface area contributed by atoms with Crippen LogP contribution < -0.4 is 9.46 Å². The first-order valence-corrected chi connectivity index (χ1v) is 6.60. The monoisotopic (exact) mass is 243 g/mol. The van der Waals surface area contributed by atoms with Gasteiger partial charge in [-0.25, -0.2) is 13.1 Å². The molecule has 0 aliphatic rings. The predicted octanol–water partition coefficient (Wildman–Crippen LogP) is 1.63. The summed E-state index contributed by atoms with van der Waals surface area (Å²) in [6.45, 7) is 4.73. The first-order chi connectivity index (χ1) is 7.45. The van der Waals surface area contributed by atoms with Crippen molar-refractivity contribution in [2.45, 2.75) is 18.7 Å². The Morgan fingerprint density at radius 3 is 2.25 bits per heavy atom. The van der Waals surface area contributed by atoms with Crippen molar-refractivity contribution >= 4 is 10.0 Å². The first kappa shape index (κ1) is 13.0. The molecular formula is C11H17NO3S. The van der Waals surface area contributed by atoms with E-state index in [9.17, 15) is 8.42 Å². The van der Waals surface area contributed by atoms with Gasteiger partial charge >= 0.3 is 0 Å². The first-order valence-electron chi connectivity index (χ1n) is 5.12. The molecule has 0 aliphatic carbocycles. The molecule has 0 saturated heterocycles. The van der Waals surface area contributed by atoms with Crippen molar-refractivity contribution in [3.8, 4) is 5.75 Å². The van der Waals surface area contributed by atoms with E-state index < -0.39 is 10.0 Å². The lowest BCUT2D eigenvalue weighted by Gasteiger charge is -2.09. The van der Waals surface area contributed by atoms with Crippen LogP contribution in [0.5, 0.6) is 5.75 Å². The zero-order valence-corrected chi connectivity index (χ0v) is 10.5. The van der Waals surface area contributed by atoms with Crippen molar-refractivity contribution in [2.24, 2.45) is 5.92 Å². The van der Waals surface area contributed by atoms with Crippen molar-refractivity contribution in [3.63, 3.8) is 0 Å². The highest BCUT2D eigenvalue weighted by atomic mass is 32.2. The van der Waals surface area contributed by atoms with Gasteiger partial charge in [-0.15, -0.1) is 0 Å². The van der Waals surface area contributed by atoms with Gasteiger partial charge in [-0.3, -0.25) is 0 Å². The van der Waals surface area contributed by atoms with Crippen molar-refractivity contribution in [1.82, 2.24) is 4.72 Å². The van der Waals surface area contributed by atoms with Crippen LogP contribution in [0.1, 0.15) is 13.8 Å². The molecule has 0 unspecified atom stereocenters. The molecular weight excluding hydrogens is 226 g/mol. The molecule has 90 valence electrons. The van der Waals surface area contributed by atoms with Crippen molar-refractivity contribution in [3.05, 3.63) is 24.3 Å². The second-order valence-electron chi connectivity index (χ2n) is 3.88. The molecule has 0 atom stereocenters. The molecule has 0 fully saturated rings. The van der Waals surface area contributed by atoms with Crippen molar-refractivity contribution in [2.75, 3.05) is 13.7 Å². The molecule has 0 bridgehead atoms. The molecule has 0 amide bonds. The van der Waals surface area contributed by atoms with Gasteiger partial charge in [-0.2, -0.15) is 0 Å². The second-order valence-corrected chi connectivity index (χ2v) is 5.77. The lowest BCUT2D eigenvalue weighted by molar-refractivity contribution is 0.271. The minimum Gasteiger partial charge on any atom is -0.493 e. The second kappa shape index (κ2) is 5.32. The molecule has 0 heterocycles. The molecule has 0 aromatic heterocycles. The number of rotatable bonds is 5. The average molecular weight is 243 g/mol. The molecule has 0 aliphatic heterocycles. The molecule has 0 spiro atoms. The summed E-state index contributed by atoms with van der Waals surface area (Å²) in [5, 5.41) is 0. The molecule has 1 rings (SSSR count). The normalized spacial score (nSPS) is 11.8. The zero-order chi connectivity index (χ0) is 12.2. The van der Waals surface area contributed by atoms with Gasteiger partial charge in [-0.05, 0) is 37.2 Å². The summed E-state index contributed by atoms with van der Waals surface area (Å²) in [6.07, 6.45) is 0. The zero-order valence-electron chi connectivity index (χ0n) is 9.73. The van der Waals surface area contributed by atoms with Crippen LogP contribution in [0.2, 0.25) is 0 Å². The topological polar surface area (TPSA) is 55.4 Å². The van der Waals surface area contributed by atoms with E-state index >= 15 is 0 Å². The van der Waals surface area contributed by atoms with E-state index in [4.69, 9.17) is 4.74 Å². The van der Waals surface area contributed by atoms with Gasteiger partial charge in [0.2, 0.25) is 10.0 Å². The van der Waals surface area contributed by atoms with Gasteiger partial charge in [0.15, 0.2) is 0 Å². The van der Waals surface area contributed by atoms with Crippen LogP contribution in [-0.4, -0.2) is 22.1 Å². The van der Waals surface area contributed by atoms with E-state index in [-0.39, 0.29) is 4.90 Å². The number of hydrogen-bond acceptors (Lipinski definition) is 3. The van der Waals surface area contributed by atoms with Crippen LogP contribution in [0.3, 0.4) is 0 Å². The number of ether oxygens (including phenoxy) is 1. The van der Waals surface area contributed by atoms with Gasteiger partial charge in [0.25, 0.3) is 0 Å². The molecule has 0 saturated carbocycles. The van der Waals surface area contributed by atoms with E-state index in [2.05, 4.69) is 18.6 Å². The quantitative estimate of drug-likeness (QED) is 0.855. The third-order valence-electron chi connectivity index (χ3n) is 1.99. The summed E-state index contributed by atoms with van der Waals surface area (Å²) < 4.78 is 30.6. The predicted molar refractivity (Wildman–Crippen MR) is 63.0 cm³/mol. The average Bonchev–Trinajstić information content (AvgIpc) is 2.27. The van der Waals surface area contributed by atoms with Gasteiger partial charge < -0.3 is 4.74 Å². The number of hydrogen-bond donors (Lipinski definition) is 1. The number of sulfonamides is 1. The summed E-state index contributed by atoms with van der Waals surface area (Å²) >= 11 is 0. The van der Waals surface area contributed by atoms with Gasteiger partial charge in [-0.1, -0.05) is 13.8 Å². The Balaban J connectivity index is 2.76. The minimum absolute atomic E-state index is 0.242. The maximum absolute atomic E-state index is 11.4. The number of benzene rings is 1. The van der Waals surface area contributed by atoms with Gasteiger partial charge in [0, 0.05) is 0 Å². The summed E-state index contributed by atoms with van der Waals surface area (Å²) in [5.41, 5.74) is 0. The molecule has 1 aromatic rings. The Morgan fingerprint density at radius 2 is 1.81 bits per heavy atom. The van der Waals surface area contributed by atoms with Gasteiger partial charge in [0.1, 0.15) is 5.75 Å². The Bertz CT molecular complexity index is 423. The van der Waals surface area contributed by atoms with Crippen LogP contribution in [0.4, 0.5) is 0 Å². The van der Waals surface area contributed by atoms with E-state index in [1.54, 1.807) is 12.1 Å². The largest absolute Gasteiger partial charge is 0.493 e. The standard InChI is InChI=1S/C11H17NO3S/c1-9(2)8-15-10-4-6-11(7-5-10)16(13,14)12-3/h4-7,9,12H,8H2,1-3H3. The Kier molecular flexibility index (Phi) is 4.32. The third-order valence-corrected chi connectivity index (χ3v) is 3.42. The lowest BCUT2D eigenvalue weighted by Crippen LogP contribution is -2.18. The van der Waals surface area contributed by atoms with Crippen LogP contribution >= 0.6 is 0 Å². The summed E-state index contributed by atoms with van der Waals surface area (Å²) in [7, 11) is -1.96. The van der Waals surface area contributed by atoms with E-state index in [0.717, 1.165) is 0 Å². The van der Waals surface area contributed by atoms with Crippen molar-refractivity contribution in [1.29, 1.82) is 0 Å². The molecule has 0 radical (unpaired) electrons. The van der Waals surface area contributed by atoms with Crippen molar-refractivity contribution < 1.29 is 13.2 Å². The fourth-order valence-electron chi connectivity index (χ4n) is 1.10. The third kappa shape index (κ3) is 3.50. The molecule has 5 heteroatoms. The van der Waals surface area contributed by atoms with Gasteiger partial charge in [0.05, 0.1) is 11.5 Å². The highest BCUT2D eigenvalue weighted by Gasteiger charge is 2.10. The van der Waals surface area contributed by atoms with Crippen LogP contribution in [0, 0.1) is 5.92 Å². The fourth-order valence-corrected chi connectivity index (χ4v) is 1.83. The Hall–Kier alpha value is -1.07. The molecule has 4 nitrogen and oxygen atoms in total. The molecule has 1 aromatic carbocycles. The maximum Gasteiger partial charge on any atom is 0.240 e. The Morgan fingerprint density at radius 1 is 1.25 bits per heavy atom. The van der Waals surface area contributed by atoms with Crippen LogP contribution in [-0.2, 0) is 10.0 Å². The summed E-state index contributed by atoms with van der Waals surface area (Å²) in [5.74, 6) is 1.13. The maximum atomic E-state index is 11.4. The van der Waals surface area contributed by atoms with E-state index in [1.165, 1.54) is 19.2 Å². The van der Waals surface area contributed by atoms with Crippen LogP contribution in [0.15, 0.2) is 29.2 Å². The van der Waals surface area contributed by atoms with Crippen LogP contribution in [0.25, 0.3) is 0 Å². The number of nitrogens with one attached hydrogen (secondary N) is 1. The minimum atomic E-state index is -3.35. The van der Waals surface area contributed by atoms with E-state index in [0.29, 0.717) is 18.3 Å². The highest BCUT2D eigenvalue weighted by molar-refractivity contribution is 7.89. The fraction of sp³-hybridized carbons (Fsp3) is 0.455. The lowest BCUT2D eigenvalue weighted by atomic mass is 10.2. The molecule has 1 N–H and O–H groups in total. The molecule has 16 heavy (non-hydrogen) atoms.